The van der Waals surface area contributed by atoms with Gasteiger partial charge in [0, 0.05) is 11.4 Å². The maximum absolute atomic E-state index is 12.7. The molecule has 0 aliphatic rings. The Hall–Kier alpha value is -2.69. The lowest BCUT2D eigenvalue weighted by atomic mass is 10.2. The molecule has 0 spiro atoms. The third-order valence-corrected chi connectivity index (χ3v) is 2.78. The summed E-state index contributed by atoms with van der Waals surface area (Å²) < 4.78 is 12.7. The van der Waals surface area contributed by atoms with Crippen LogP contribution < -0.4 is 10.6 Å². The number of nitrogens with one attached hydrogen (secondary N) is 2. The summed E-state index contributed by atoms with van der Waals surface area (Å²) in [7, 11) is 0. The number of carbonyl (C=O) groups excluding carboxylic acids is 2. The van der Waals surface area contributed by atoms with Gasteiger partial charge in [0.2, 0.25) is 11.8 Å². The first-order chi connectivity index (χ1) is 10.0. The van der Waals surface area contributed by atoms with Gasteiger partial charge < -0.3 is 10.6 Å². The average Bonchev–Trinajstić information content (AvgIpc) is 2.44. The molecule has 0 aliphatic heterocycles. The average molecular weight is 286 g/mol. The van der Waals surface area contributed by atoms with Crippen molar-refractivity contribution in [2.24, 2.45) is 0 Å². The number of hydrogen-bond donors (Lipinski definition) is 2. The Morgan fingerprint density at radius 2 is 1.29 bits per heavy atom. The molecule has 108 valence electrons. The van der Waals surface area contributed by atoms with Crippen LogP contribution in [0.5, 0.6) is 0 Å². The fraction of sp³-hybridized carbons (Fsp3) is 0.125. The third-order valence-electron chi connectivity index (χ3n) is 2.78. The van der Waals surface area contributed by atoms with Gasteiger partial charge >= 0.3 is 0 Å². The van der Waals surface area contributed by atoms with Crippen molar-refractivity contribution in [3.8, 4) is 0 Å². The van der Waals surface area contributed by atoms with Crippen molar-refractivity contribution in [3.63, 3.8) is 0 Å². The number of halogens is 1. The lowest BCUT2D eigenvalue weighted by Gasteiger charge is -2.07. The summed E-state index contributed by atoms with van der Waals surface area (Å²) in [4.78, 5) is 23.4. The van der Waals surface area contributed by atoms with Crippen molar-refractivity contribution in [3.05, 3.63) is 59.9 Å². The summed E-state index contributed by atoms with van der Waals surface area (Å²) in [5, 5.41) is 5.16. The zero-order valence-electron chi connectivity index (χ0n) is 11.5. The first-order valence-electron chi connectivity index (χ1n) is 6.45. The fourth-order valence-corrected chi connectivity index (χ4v) is 1.73. The van der Waals surface area contributed by atoms with Crippen LogP contribution in [0.1, 0.15) is 12.0 Å². The molecule has 2 aromatic rings. The molecule has 2 rings (SSSR count). The van der Waals surface area contributed by atoms with Crippen LogP contribution >= 0.6 is 0 Å². The van der Waals surface area contributed by atoms with Gasteiger partial charge in [-0.1, -0.05) is 17.7 Å². The molecule has 2 N–H and O–H groups in total. The van der Waals surface area contributed by atoms with E-state index in [1.165, 1.54) is 24.3 Å². The van der Waals surface area contributed by atoms with Gasteiger partial charge in [-0.2, -0.15) is 0 Å². The molecule has 21 heavy (non-hydrogen) atoms. The molecule has 5 heteroatoms. The molecule has 0 saturated carbocycles. The summed E-state index contributed by atoms with van der Waals surface area (Å²) in [5.74, 6) is -1.24. The van der Waals surface area contributed by atoms with Crippen molar-refractivity contribution in [1.29, 1.82) is 0 Å². The summed E-state index contributed by atoms with van der Waals surface area (Å²) in [6.45, 7) is 1.95. The molecular weight excluding hydrogens is 271 g/mol. The number of carbonyl (C=O) groups is 2. The van der Waals surface area contributed by atoms with E-state index in [9.17, 15) is 14.0 Å². The molecule has 0 saturated heterocycles. The maximum atomic E-state index is 12.7. The lowest BCUT2D eigenvalue weighted by Crippen LogP contribution is -2.21. The van der Waals surface area contributed by atoms with Crippen LogP contribution in [0.15, 0.2) is 48.5 Å². The maximum Gasteiger partial charge on any atom is 0.233 e. The standard InChI is InChI=1S/C16H15FN2O2/c1-11-2-6-13(7-3-11)18-15(20)10-16(21)19-14-8-4-12(17)5-9-14/h2-9H,10H2,1H3,(H,18,20)(H,19,21). The second kappa shape index (κ2) is 6.65. The largest absolute Gasteiger partial charge is 0.326 e. The van der Waals surface area contributed by atoms with E-state index >= 15 is 0 Å². The minimum absolute atomic E-state index is 0.300. The Morgan fingerprint density at radius 1 is 0.857 bits per heavy atom. The highest BCUT2D eigenvalue weighted by molar-refractivity contribution is 6.08. The van der Waals surface area contributed by atoms with E-state index < -0.39 is 11.8 Å². The van der Waals surface area contributed by atoms with Crippen LogP contribution in [0.3, 0.4) is 0 Å². The Labute approximate surface area is 122 Å². The molecule has 0 atom stereocenters. The number of aryl methyl sites for hydroxylation is 1. The van der Waals surface area contributed by atoms with E-state index in [-0.39, 0.29) is 12.2 Å². The van der Waals surface area contributed by atoms with Crippen LogP contribution in [-0.4, -0.2) is 11.8 Å². The topological polar surface area (TPSA) is 58.2 Å². The minimum atomic E-state index is -0.453. The predicted octanol–water partition coefficient (Wildman–Crippen LogP) is 3.10. The zero-order valence-corrected chi connectivity index (χ0v) is 11.5. The van der Waals surface area contributed by atoms with E-state index in [2.05, 4.69) is 10.6 Å². The van der Waals surface area contributed by atoms with E-state index in [1.54, 1.807) is 12.1 Å². The number of amides is 2. The van der Waals surface area contributed by atoms with E-state index in [1.807, 2.05) is 19.1 Å². The SMILES string of the molecule is Cc1ccc(NC(=O)CC(=O)Nc2ccc(F)cc2)cc1. The lowest BCUT2D eigenvalue weighted by molar-refractivity contribution is -0.123. The molecular formula is C16H15FN2O2. The van der Waals surface area contributed by atoms with Gasteiger partial charge in [-0.25, -0.2) is 4.39 Å². The van der Waals surface area contributed by atoms with Crippen LogP contribution in [0.25, 0.3) is 0 Å². The van der Waals surface area contributed by atoms with E-state index in [0.29, 0.717) is 11.4 Å². The molecule has 0 aliphatic carbocycles. The van der Waals surface area contributed by atoms with Gasteiger partial charge in [0.05, 0.1) is 0 Å². The summed E-state index contributed by atoms with van der Waals surface area (Å²) in [6, 6.07) is 12.6. The highest BCUT2D eigenvalue weighted by Crippen LogP contribution is 2.10. The highest BCUT2D eigenvalue weighted by Gasteiger charge is 2.10. The Kier molecular flexibility index (Phi) is 4.66. The molecule has 0 heterocycles. The first kappa shape index (κ1) is 14.7. The highest BCUT2D eigenvalue weighted by atomic mass is 19.1. The number of rotatable bonds is 4. The smallest absolute Gasteiger partial charge is 0.233 e. The van der Waals surface area contributed by atoms with Gasteiger partial charge in [-0.15, -0.1) is 0 Å². The predicted molar refractivity (Wildman–Crippen MR) is 79.5 cm³/mol. The van der Waals surface area contributed by atoms with Crippen molar-refractivity contribution in [2.45, 2.75) is 13.3 Å². The third kappa shape index (κ3) is 4.72. The molecule has 0 radical (unpaired) electrons. The summed E-state index contributed by atoms with van der Waals surface area (Å²) in [5.41, 5.74) is 2.17. The van der Waals surface area contributed by atoms with Gasteiger partial charge in [0.25, 0.3) is 0 Å². The fourth-order valence-electron chi connectivity index (χ4n) is 1.73. The monoisotopic (exact) mass is 286 g/mol. The van der Waals surface area contributed by atoms with Crippen molar-refractivity contribution in [1.82, 2.24) is 0 Å². The van der Waals surface area contributed by atoms with Crippen LogP contribution in [0.4, 0.5) is 15.8 Å². The number of hydrogen-bond acceptors (Lipinski definition) is 2. The van der Waals surface area contributed by atoms with Gasteiger partial charge in [-0.05, 0) is 43.3 Å². The van der Waals surface area contributed by atoms with Crippen molar-refractivity contribution >= 4 is 23.2 Å². The van der Waals surface area contributed by atoms with E-state index in [0.717, 1.165) is 5.56 Å². The Balaban J connectivity index is 1.85. The zero-order chi connectivity index (χ0) is 15.2. The summed E-state index contributed by atoms with van der Waals surface area (Å²) >= 11 is 0. The quantitative estimate of drug-likeness (QED) is 0.848. The molecule has 4 nitrogen and oxygen atoms in total. The molecule has 2 aromatic carbocycles. The molecule has 0 aromatic heterocycles. The van der Waals surface area contributed by atoms with Crippen LogP contribution in [0.2, 0.25) is 0 Å². The molecule has 0 bridgehead atoms. The van der Waals surface area contributed by atoms with Gasteiger partial charge in [-0.3, -0.25) is 9.59 Å². The van der Waals surface area contributed by atoms with Gasteiger partial charge in [0.15, 0.2) is 0 Å². The Morgan fingerprint density at radius 3 is 1.76 bits per heavy atom. The van der Waals surface area contributed by atoms with Gasteiger partial charge in [0.1, 0.15) is 12.2 Å². The summed E-state index contributed by atoms with van der Waals surface area (Å²) in [6.07, 6.45) is -0.300. The Bertz CT molecular complexity index is 579. The molecule has 2 amide bonds. The van der Waals surface area contributed by atoms with Crippen molar-refractivity contribution < 1.29 is 14.0 Å². The van der Waals surface area contributed by atoms with Crippen LogP contribution in [-0.2, 0) is 9.59 Å². The molecule has 0 unspecified atom stereocenters. The number of anilines is 2. The number of benzene rings is 2. The van der Waals surface area contributed by atoms with Crippen molar-refractivity contribution in [2.75, 3.05) is 10.6 Å². The van der Waals surface area contributed by atoms with E-state index in [4.69, 9.17) is 0 Å². The van der Waals surface area contributed by atoms with Crippen LogP contribution in [0, 0.1) is 12.7 Å². The second-order valence-electron chi connectivity index (χ2n) is 4.65. The minimum Gasteiger partial charge on any atom is -0.326 e. The normalized spacial score (nSPS) is 10.0. The molecule has 0 fully saturated rings. The second-order valence-corrected chi connectivity index (χ2v) is 4.65. The first-order valence-corrected chi connectivity index (χ1v) is 6.45.